The molecule has 156 valence electrons. The SMILES string of the molecule is NC(=O)c1ccccc1-c1ncc(-c2ccc(Oc3ccccc3)cc2)c2c(N)n[nH]c12. The van der Waals surface area contributed by atoms with Gasteiger partial charge < -0.3 is 16.2 Å². The van der Waals surface area contributed by atoms with Gasteiger partial charge in [-0.25, -0.2) is 0 Å². The van der Waals surface area contributed by atoms with Gasteiger partial charge in [0.1, 0.15) is 11.5 Å². The standard InChI is InChI=1S/C25H19N5O2/c26-24-21-20(15-10-12-17(13-11-15)32-16-6-2-1-3-7-16)14-28-22(23(21)29-30-24)18-8-4-5-9-19(18)25(27)31/h1-14H,(H2,27,31)(H3,26,29,30). The number of hydrogen-bond acceptors (Lipinski definition) is 5. The van der Waals surface area contributed by atoms with Crippen LogP contribution in [0.15, 0.2) is 85.1 Å². The van der Waals surface area contributed by atoms with E-state index in [1.165, 1.54) is 0 Å². The molecule has 5 aromatic rings. The van der Waals surface area contributed by atoms with E-state index in [4.69, 9.17) is 16.2 Å². The van der Waals surface area contributed by atoms with Crippen molar-refractivity contribution >= 4 is 22.6 Å². The number of amides is 1. The Morgan fingerprint density at radius 1 is 0.844 bits per heavy atom. The molecule has 0 radical (unpaired) electrons. The van der Waals surface area contributed by atoms with Crippen LogP contribution < -0.4 is 16.2 Å². The van der Waals surface area contributed by atoms with E-state index in [9.17, 15) is 4.79 Å². The zero-order valence-corrected chi connectivity index (χ0v) is 16.9. The number of benzene rings is 3. The summed E-state index contributed by atoms with van der Waals surface area (Å²) in [4.78, 5) is 16.6. The number of primary amides is 1. The molecular formula is C25H19N5O2. The molecule has 5 N–H and O–H groups in total. The largest absolute Gasteiger partial charge is 0.457 e. The maximum Gasteiger partial charge on any atom is 0.249 e. The van der Waals surface area contributed by atoms with Crippen LogP contribution in [0, 0.1) is 0 Å². The van der Waals surface area contributed by atoms with Crippen LogP contribution in [0.4, 0.5) is 5.82 Å². The smallest absolute Gasteiger partial charge is 0.249 e. The number of H-pyrrole nitrogens is 1. The first-order valence-corrected chi connectivity index (χ1v) is 9.97. The summed E-state index contributed by atoms with van der Waals surface area (Å²) >= 11 is 0. The molecule has 2 aromatic heterocycles. The van der Waals surface area contributed by atoms with Crippen LogP contribution in [0.1, 0.15) is 10.4 Å². The molecule has 0 saturated heterocycles. The first kappa shape index (κ1) is 19.3. The fourth-order valence-electron chi connectivity index (χ4n) is 3.71. The van der Waals surface area contributed by atoms with Gasteiger partial charge in [-0.15, -0.1) is 0 Å². The molecule has 7 heteroatoms. The lowest BCUT2D eigenvalue weighted by molar-refractivity contribution is 0.100. The van der Waals surface area contributed by atoms with Gasteiger partial charge in [0.25, 0.3) is 0 Å². The number of nitrogens with zero attached hydrogens (tertiary/aromatic N) is 2. The van der Waals surface area contributed by atoms with Crippen molar-refractivity contribution in [1.82, 2.24) is 15.2 Å². The van der Waals surface area contributed by atoms with Crippen molar-refractivity contribution in [3.8, 4) is 33.9 Å². The highest BCUT2D eigenvalue weighted by Gasteiger charge is 2.19. The van der Waals surface area contributed by atoms with Crippen LogP contribution >= 0.6 is 0 Å². The van der Waals surface area contributed by atoms with Gasteiger partial charge in [-0.05, 0) is 35.9 Å². The molecule has 3 aromatic carbocycles. The minimum atomic E-state index is -0.527. The third kappa shape index (κ3) is 3.41. The number of hydrogen-bond donors (Lipinski definition) is 3. The number of nitrogens with two attached hydrogens (primary N) is 2. The van der Waals surface area contributed by atoms with E-state index in [0.29, 0.717) is 28.2 Å². The Morgan fingerprint density at radius 3 is 2.28 bits per heavy atom. The van der Waals surface area contributed by atoms with Crippen molar-refractivity contribution in [2.45, 2.75) is 0 Å². The molecule has 0 saturated carbocycles. The monoisotopic (exact) mass is 421 g/mol. The van der Waals surface area contributed by atoms with E-state index in [1.807, 2.05) is 60.7 Å². The number of pyridine rings is 1. The van der Waals surface area contributed by atoms with E-state index in [1.54, 1.807) is 24.4 Å². The van der Waals surface area contributed by atoms with E-state index < -0.39 is 5.91 Å². The number of rotatable bonds is 5. The first-order valence-electron chi connectivity index (χ1n) is 9.97. The number of aromatic amines is 1. The number of para-hydroxylation sites is 1. The quantitative estimate of drug-likeness (QED) is 0.378. The Hall–Kier alpha value is -4.65. The van der Waals surface area contributed by atoms with Crippen molar-refractivity contribution in [3.63, 3.8) is 0 Å². The molecule has 0 aliphatic rings. The number of aromatic nitrogens is 3. The number of fused-ring (bicyclic) bond motifs is 1. The van der Waals surface area contributed by atoms with Crippen LogP contribution in [0.3, 0.4) is 0 Å². The summed E-state index contributed by atoms with van der Waals surface area (Å²) in [5, 5.41) is 7.88. The van der Waals surface area contributed by atoms with Crippen LogP contribution in [0.25, 0.3) is 33.3 Å². The summed E-state index contributed by atoms with van der Waals surface area (Å²) in [6.07, 6.45) is 1.73. The van der Waals surface area contributed by atoms with Crippen molar-refractivity contribution in [3.05, 3.63) is 90.6 Å². The Bertz CT molecular complexity index is 1430. The van der Waals surface area contributed by atoms with Crippen molar-refractivity contribution in [1.29, 1.82) is 0 Å². The molecule has 7 nitrogen and oxygen atoms in total. The zero-order valence-electron chi connectivity index (χ0n) is 16.9. The molecule has 0 spiro atoms. The highest BCUT2D eigenvalue weighted by molar-refractivity contribution is 6.09. The molecule has 0 atom stereocenters. The Kier molecular flexibility index (Phi) is 4.76. The third-order valence-electron chi connectivity index (χ3n) is 5.22. The maximum atomic E-state index is 11.9. The van der Waals surface area contributed by atoms with Crippen LogP contribution in [-0.2, 0) is 0 Å². The minimum absolute atomic E-state index is 0.347. The molecule has 0 fully saturated rings. The second kappa shape index (κ2) is 7.88. The molecule has 0 aliphatic carbocycles. The summed E-state index contributed by atoms with van der Waals surface area (Å²) in [7, 11) is 0. The van der Waals surface area contributed by atoms with Crippen LogP contribution in [0.5, 0.6) is 11.5 Å². The first-order chi connectivity index (χ1) is 15.6. The summed E-state index contributed by atoms with van der Waals surface area (Å²) in [5.41, 5.74) is 15.7. The van der Waals surface area contributed by atoms with E-state index in [0.717, 1.165) is 28.0 Å². The predicted octanol–water partition coefficient (Wildman–Crippen LogP) is 4.77. The number of carbonyl (C=O) groups is 1. The molecular weight excluding hydrogens is 402 g/mol. The van der Waals surface area contributed by atoms with Gasteiger partial charge >= 0.3 is 0 Å². The predicted molar refractivity (Wildman–Crippen MR) is 124 cm³/mol. The van der Waals surface area contributed by atoms with Crippen molar-refractivity contribution < 1.29 is 9.53 Å². The van der Waals surface area contributed by atoms with Gasteiger partial charge in [0, 0.05) is 22.9 Å². The summed E-state index contributed by atoms with van der Waals surface area (Å²) in [5.74, 6) is 1.30. The highest BCUT2D eigenvalue weighted by atomic mass is 16.5. The summed E-state index contributed by atoms with van der Waals surface area (Å²) < 4.78 is 5.88. The van der Waals surface area contributed by atoms with Gasteiger partial charge in [0.15, 0.2) is 5.82 Å². The molecule has 2 heterocycles. The normalized spacial score (nSPS) is 10.9. The molecule has 0 unspecified atom stereocenters. The van der Waals surface area contributed by atoms with E-state index in [-0.39, 0.29) is 0 Å². The van der Waals surface area contributed by atoms with Crippen LogP contribution in [-0.4, -0.2) is 21.1 Å². The lowest BCUT2D eigenvalue weighted by atomic mass is 9.98. The topological polar surface area (TPSA) is 120 Å². The van der Waals surface area contributed by atoms with Crippen molar-refractivity contribution in [2.24, 2.45) is 5.73 Å². The average molecular weight is 421 g/mol. The van der Waals surface area contributed by atoms with E-state index >= 15 is 0 Å². The Morgan fingerprint density at radius 2 is 1.53 bits per heavy atom. The zero-order chi connectivity index (χ0) is 22.1. The van der Waals surface area contributed by atoms with Gasteiger partial charge in [-0.1, -0.05) is 48.5 Å². The maximum absolute atomic E-state index is 11.9. The third-order valence-corrected chi connectivity index (χ3v) is 5.22. The van der Waals surface area contributed by atoms with Gasteiger partial charge in [-0.2, -0.15) is 5.10 Å². The second-order valence-corrected chi connectivity index (χ2v) is 7.23. The Labute approximate surface area is 183 Å². The fraction of sp³-hybridized carbons (Fsp3) is 0. The number of anilines is 1. The lowest BCUT2D eigenvalue weighted by Gasteiger charge is -2.11. The number of nitrogens with one attached hydrogen (secondary N) is 1. The van der Waals surface area contributed by atoms with Crippen molar-refractivity contribution in [2.75, 3.05) is 5.73 Å². The summed E-state index contributed by atoms with van der Waals surface area (Å²) in [6, 6.07) is 24.3. The lowest BCUT2D eigenvalue weighted by Crippen LogP contribution is -2.12. The fourth-order valence-corrected chi connectivity index (χ4v) is 3.71. The van der Waals surface area contributed by atoms with E-state index in [2.05, 4.69) is 15.2 Å². The molecule has 5 rings (SSSR count). The number of ether oxygens (including phenoxy) is 1. The van der Waals surface area contributed by atoms with Gasteiger partial charge in [-0.3, -0.25) is 14.9 Å². The molecule has 0 aliphatic heterocycles. The minimum Gasteiger partial charge on any atom is -0.457 e. The molecule has 1 amide bonds. The Balaban J connectivity index is 1.58. The van der Waals surface area contributed by atoms with Crippen LogP contribution in [0.2, 0.25) is 0 Å². The van der Waals surface area contributed by atoms with Gasteiger partial charge in [0.2, 0.25) is 5.91 Å². The summed E-state index contributed by atoms with van der Waals surface area (Å²) in [6.45, 7) is 0. The molecule has 0 bridgehead atoms. The highest BCUT2D eigenvalue weighted by Crippen LogP contribution is 2.37. The number of nitrogen functional groups attached to an aromatic ring is 1. The second-order valence-electron chi connectivity index (χ2n) is 7.23. The van der Waals surface area contributed by atoms with Gasteiger partial charge in [0.05, 0.1) is 16.6 Å². The average Bonchev–Trinajstić information content (AvgIpc) is 3.21. The molecule has 32 heavy (non-hydrogen) atoms. The number of carbonyl (C=O) groups excluding carboxylic acids is 1.